The van der Waals surface area contributed by atoms with E-state index in [0.717, 1.165) is 47.5 Å². The molecule has 24 heavy (non-hydrogen) atoms. The predicted molar refractivity (Wildman–Crippen MR) is 100 cm³/mol. The van der Waals surface area contributed by atoms with Crippen molar-refractivity contribution in [1.82, 2.24) is 4.90 Å². The number of carbonyl (C=O) groups excluding carboxylic acids is 1. The largest absolute Gasteiger partial charge is 0.368 e. The first-order valence-electron chi connectivity index (χ1n) is 8.15. The van der Waals surface area contributed by atoms with Crippen molar-refractivity contribution in [3.63, 3.8) is 0 Å². The number of hydrogen-bond acceptors (Lipinski definition) is 2. The monoisotopic (exact) mass is 362 g/mol. The van der Waals surface area contributed by atoms with Crippen LogP contribution in [0.5, 0.6) is 0 Å². The van der Waals surface area contributed by atoms with Crippen molar-refractivity contribution < 1.29 is 4.79 Å². The Morgan fingerprint density at radius 3 is 2.42 bits per heavy atom. The van der Waals surface area contributed by atoms with E-state index in [9.17, 15) is 4.79 Å². The molecule has 126 valence electrons. The van der Waals surface area contributed by atoms with Gasteiger partial charge in [-0.3, -0.25) is 4.79 Å². The Morgan fingerprint density at radius 1 is 0.958 bits per heavy atom. The Kier molecular flexibility index (Phi) is 5.64. The van der Waals surface area contributed by atoms with Gasteiger partial charge in [-0.2, -0.15) is 0 Å². The average Bonchev–Trinajstić information content (AvgIpc) is 2.61. The second-order valence-corrected chi connectivity index (χ2v) is 6.78. The van der Waals surface area contributed by atoms with E-state index in [1.54, 1.807) is 0 Å². The smallest absolute Gasteiger partial charge is 0.223 e. The minimum Gasteiger partial charge on any atom is -0.368 e. The molecule has 1 fully saturated rings. The molecule has 0 aliphatic carbocycles. The summed E-state index contributed by atoms with van der Waals surface area (Å²) in [6, 6.07) is 15.6. The van der Waals surface area contributed by atoms with E-state index < -0.39 is 0 Å². The highest BCUT2D eigenvalue weighted by atomic mass is 35.5. The molecule has 1 aliphatic heterocycles. The zero-order valence-corrected chi connectivity index (χ0v) is 14.9. The third-order valence-corrected chi connectivity index (χ3v) is 4.98. The quantitative estimate of drug-likeness (QED) is 0.810. The number of hydrogen-bond donors (Lipinski definition) is 0. The molecule has 1 amide bonds. The third kappa shape index (κ3) is 4.22. The van der Waals surface area contributed by atoms with Crippen LogP contribution in [0.4, 0.5) is 5.69 Å². The van der Waals surface area contributed by atoms with Gasteiger partial charge in [0, 0.05) is 48.3 Å². The van der Waals surface area contributed by atoms with Gasteiger partial charge in [0.15, 0.2) is 0 Å². The number of benzene rings is 2. The molecule has 3 rings (SSSR count). The van der Waals surface area contributed by atoms with Gasteiger partial charge < -0.3 is 9.80 Å². The molecule has 0 bridgehead atoms. The summed E-state index contributed by atoms with van der Waals surface area (Å²) in [5.41, 5.74) is 2.15. The van der Waals surface area contributed by atoms with Gasteiger partial charge >= 0.3 is 0 Å². The highest BCUT2D eigenvalue weighted by Crippen LogP contribution is 2.21. The summed E-state index contributed by atoms with van der Waals surface area (Å²) in [6.07, 6.45) is 1.19. The molecule has 1 saturated heterocycles. The maximum atomic E-state index is 12.4. The maximum Gasteiger partial charge on any atom is 0.223 e. The normalized spacial score (nSPS) is 14.8. The number of anilines is 1. The highest BCUT2D eigenvalue weighted by Gasteiger charge is 2.21. The summed E-state index contributed by atoms with van der Waals surface area (Å²) in [4.78, 5) is 16.6. The number of aryl methyl sites for hydroxylation is 1. The van der Waals surface area contributed by atoms with Crippen LogP contribution in [-0.2, 0) is 11.2 Å². The highest BCUT2D eigenvalue weighted by molar-refractivity contribution is 6.31. The van der Waals surface area contributed by atoms with Crippen LogP contribution >= 0.6 is 23.2 Å². The lowest BCUT2D eigenvalue weighted by molar-refractivity contribution is -0.131. The van der Waals surface area contributed by atoms with Crippen molar-refractivity contribution in [3.05, 3.63) is 64.1 Å². The van der Waals surface area contributed by atoms with E-state index in [4.69, 9.17) is 23.2 Å². The predicted octanol–water partition coefficient (Wildman–Crippen LogP) is 4.27. The SMILES string of the molecule is O=C(CCc1ccccc1Cl)N1CCN(c2cccc(Cl)c2)CC1. The molecule has 1 heterocycles. The molecule has 0 saturated carbocycles. The summed E-state index contributed by atoms with van der Waals surface area (Å²) in [7, 11) is 0. The molecule has 5 heteroatoms. The van der Waals surface area contributed by atoms with Crippen LogP contribution in [0.3, 0.4) is 0 Å². The number of nitrogens with zero attached hydrogens (tertiary/aromatic N) is 2. The molecule has 2 aromatic rings. The van der Waals surface area contributed by atoms with Gasteiger partial charge in [0.1, 0.15) is 0 Å². The van der Waals surface area contributed by atoms with Crippen molar-refractivity contribution in [3.8, 4) is 0 Å². The maximum absolute atomic E-state index is 12.4. The van der Waals surface area contributed by atoms with Gasteiger partial charge in [-0.05, 0) is 36.2 Å². The number of piperazine rings is 1. The Hall–Kier alpha value is -1.71. The Bertz CT molecular complexity index is 712. The van der Waals surface area contributed by atoms with Crippen molar-refractivity contribution in [2.45, 2.75) is 12.8 Å². The van der Waals surface area contributed by atoms with Gasteiger partial charge in [0.05, 0.1) is 0 Å². The molecule has 2 aromatic carbocycles. The van der Waals surface area contributed by atoms with Gasteiger partial charge in [-0.15, -0.1) is 0 Å². The fourth-order valence-electron chi connectivity index (χ4n) is 2.99. The molecule has 0 spiro atoms. The summed E-state index contributed by atoms with van der Waals surface area (Å²) < 4.78 is 0. The molecule has 3 nitrogen and oxygen atoms in total. The van der Waals surface area contributed by atoms with Crippen molar-refractivity contribution in [2.24, 2.45) is 0 Å². The number of amides is 1. The number of rotatable bonds is 4. The number of carbonyl (C=O) groups is 1. The Labute approximate surface area is 152 Å². The Balaban J connectivity index is 1.51. The average molecular weight is 363 g/mol. The van der Waals surface area contributed by atoms with Crippen molar-refractivity contribution in [1.29, 1.82) is 0 Å². The van der Waals surface area contributed by atoms with Crippen molar-refractivity contribution in [2.75, 3.05) is 31.1 Å². The molecule has 0 N–H and O–H groups in total. The van der Waals surface area contributed by atoms with Crippen molar-refractivity contribution >= 4 is 34.8 Å². The summed E-state index contributed by atoms with van der Waals surface area (Å²) in [5, 5.41) is 1.47. The fourth-order valence-corrected chi connectivity index (χ4v) is 3.40. The first-order chi connectivity index (χ1) is 11.6. The lowest BCUT2D eigenvalue weighted by Gasteiger charge is -2.36. The van der Waals surface area contributed by atoms with Crippen LogP contribution in [0.2, 0.25) is 10.0 Å². The molecule has 0 radical (unpaired) electrons. The van der Waals surface area contributed by atoms with E-state index in [-0.39, 0.29) is 5.91 Å². The van der Waals surface area contributed by atoms with Gasteiger partial charge in [0.25, 0.3) is 0 Å². The first kappa shape index (κ1) is 17.1. The van der Waals surface area contributed by atoms with Crippen LogP contribution in [0, 0.1) is 0 Å². The molecule has 1 aliphatic rings. The molecule has 0 aromatic heterocycles. The van der Waals surface area contributed by atoms with Crippen LogP contribution in [-0.4, -0.2) is 37.0 Å². The van der Waals surface area contributed by atoms with Crippen LogP contribution < -0.4 is 4.90 Å². The molecule has 0 atom stereocenters. The summed E-state index contributed by atoms with van der Waals surface area (Å²) in [5.74, 6) is 0.195. The topological polar surface area (TPSA) is 23.6 Å². The fraction of sp³-hybridized carbons (Fsp3) is 0.316. The van der Waals surface area contributed by atoms with E-state index in [2.05, 4.69) is 11.0 Å². The number of halogens is 2. The lowest BCUT2D eigenvalue weighted by atomic mass is 10.1. The molecular formula is C19H20Cl2N2O. The minimum absolute atomic E-state index is 0.195. The summed E-state index contributed by atoms with van der Waals surface area (Å²) in [6.45, 7) is 3.15. The second kappa shape index (κ2) is 7.91. The van der Waals surface area contributed by atoms with E-state index in [1.807, 2.05) is 47.4 Å². The van der Waals surface area contributed by atoms with Gasteiger partial charge in [-0.25, -0.2) is 0 Å². The van der Waals surface area contributed by atoms with E-state index >= 15 is 0 Å². The van der Waals surface area contributed by atoms with E-state index in [1.165, 1.54) is 0 Å². The van der Waals surface area contributed by atoms with Gasteiger partial charge in [-0.1, -0.05) is 47.5 Å². The van der Waals surface area contributed by atoms with Crippen LogP contribution in [0.25, 0.3) is 0 Å². The van der Waals surface area contributed by atoms with E-state index in [0.29, 0.717) is 12.8 Å². The zero-order chi connectivity index (χ0) is 16.9. The zero-order valence-electron chi connectivity index (χ0n) is 13.4. The Morgan fingerprint density at radius 2 is 1.71 bits per heavy atom. The standard InChI is InChI=1S/C19H20Cl2N2O/c20-16-5-3-6-17(14-16)22-10-12-23(13-11-22)19(24)9-8-15-4-1-2-7-18(15)21/h1-7,14H,8-13H2. The van der Waals surface area contributed by atoms with Gasteiger partial charge in [0.2, 0.25) is 5.91 Å². The molecular weight excluding hydrogens is 343 g/mol. The first-order valence-corrected chi connectivity index (χ1v) is 8.91. The molecule has 0 unspecified atom stereocenters. The second-order valence-electron chi connectivity index (χ2n) is 5.94. The third-order valence-electron chi connectivity index (χ3n) is 4.37. The lowest BCUT2D eigenvalue weighted by Crippen LogP contribution is -2.48. The summed E-state index contributed by atoms with van der Waals surface area (Å²) >= 11 is 12.2. The van der Waals surface area contributed by atoms with Crippen LogP contribution in [0.15, 0.2) is 48.5 Å². The minimum atomic E-state index is 0.195. The van der Waals surface area contributed by atoms with Crippen LogP contribution in [0.1, 0.15) is 12.0 Å².